The van der Waals surface area contributed by atoms with Crippen molar-refractivity contribution in [2.45, 2.75) is 316 Å². The van der Waals surface area contributed by atoms with Gasteiger partial charge in [-0.15, -0.1) is 0 Å². The van der Waals surface area contributed by atoms with Gasteiger partial charge in [0.2, 0.25) is 0 Å². The van der Waals surface area contributed by atoms with E-state index in [4.69, 9.17) is 14.2 Å². The molecule has 1 unspecified atom stereocenters. The van der Waals surface area contributed by atoms with Crippen molar-refractivity contribution in [2.75, 3.05) is 13.2 Å². The van der Waals surface area contributed by atoms with Crippen LogP contribution in [0.25, 0.3) is 0 Å². The van der Waals surface area contributed by atoms with E-state index in [-0.39, 0.29) is 31.1 Å². The first kappa shape index (κ1) is 68.8. The number of esters is 3. The number of allylic oxidation sites excluding steroid dienone is 12. The monoisotopic (exact) mass is 1000 g/mol. The first-order valence-electron chi connectivity index (χ1n) is 30.9. The van der Waals surface area contributed by atoms with Crippen molar-refractivity contribution in [3.63, 3.8) is 0 Å². The number of carbonyl (C=O) groups is 3. The molecule has 0 heterocycles. The Labute approximate surface area is 446 Å². The summed E-state index contributed by atoms with van der Waals surface area (Å²) in [6.07, 6.45) is 77.6. The van der Waals surface area contributed by atoms with Gasteiger partial charge in [0.05, 0.1) is 0 Å². The number of rotatable bonds is 56. The van der Waals surface area contributed by atoms with Crippen LogP contribution in [0.1, 0.15) is 310 Å². The number of hydrogen-bond acceptors (Lipinski definition) is 6. The summed E-state index contributed by atoms with van der Waals surface area (Å²) in [5.74, 6) is -0.883. The highest BCUT2D eigenvalue weighted by Gasteiger charge is 2.19. The Hall–Kier alpha value is -3.15. The summed E-state index contributed by atoms with van der Waals surface area (Å²) in [5, 5.41) is 0. The molecule has 72 heavy (non-hydrogen) atoms. The zero-order valence-corrected chi connectivity index (χ0v) is 47.7. The zero-order valence-electron chi connectivity index (χ0n) is 47.7. The van der Waals surface area contributed by atoms with Crippen molar-refractivity contribution >= 4 is 17.9 Å². The minimum absolute atomic E-state index is 0.0795. The molecule has 0 aliphatic carbocycles. The van der Waals surface area contributed by atoms with E-state index in [9.17, 15) is 14.4 Å². The van der Waals surface area contributed by atoms with Crippen molar-refractivity contribution in [1.82, 2.24) is 0 Å². The highest BCUT2D eigenvalue weighted by atomic mass is 16.6. The van der Waals surface area contributed by atoms with E-state index < -0.39 is 6.10 Å². The van der Waals surface area contributed by atoms with E-state index in [1.54, 1.807) is 0 Å². The molecule has 0 amide bonds. The molecule has 416 valence electrons. The SMILES string of the molecule is CC/C=C\C/C=C\C/C=C\C/C=C\CCCCCCCCCCCCC(=O)OCC(COC(=O)CCCCCCC/C=C\CCCCC)OC(=O)CCCCCCCCCCC/C=C\CCCCCCCC. The second-order valence-corrected chi connectivity index (χ2v) is 20.6. The Kier molecular flexibility index (Phi) is 57.8. The van der Waals surface area contributed by atoms with Crippen molar-refractivity contribution in [3.05, 3.63) is 72.9 Å². The van der Waals surface area contributed by atoms with E-state index in [0.29, 0.717) is 19.3 Å². The third-order valence-electron chi connectivity index (χ3n) is 13.4. The Morgan fingerprint density at radius 2 is 0.542 bits per heavy atom. The lowest BCUT2D eigenvalue weighted by molar-refractivity contribution is -0.167. The third kappa shape index (κ3) is 57.7. The highest BCUT2D eigenvalue weighted by Crippen LogP contribution is 2.16. The van der Waals surface area contributed by atoms with E-state index in [0.717, 1.165) is 89.9 Å². The third-order valence-corrected chi connectivity index (χ3v) is 13.4. The number of hydrogen-bond donors (Lipinski definition) is 0. The molecule has 0 fully saturated rings. The van der Waals surface area contributed by atoms with Gasteiger partial charge in [-0.25, -0.2) is 0 Å². The van der Waals surface area contributed by atoms with Gasteiger partial charge in [0.1, 0.15) is 13.2 Å². The number of ether oxygens (including phenoxy) is 3. The van der Waals surface area contributed by atoms with E-state index in [1.165, 1.54) is 180 Å². The second-order valence-electron chi connectivity index (χ2n) is 20.6. The van der Waals surface area contributed by atoms with Crippen molar-refractivity contribution < 1.29 is 28.6 Å². The van der Waals surface area contributed by atoms with E-state index in [2.05, 4.69) is 93.7 Å². The predicted molar refractivity (Wildman–Crippen MR) is 311 cm³/mol. The van der Waals surface area contributed by atoms with E-state index in [1.807, 2.05) is 0 Å². The molecule has 0 N–H and O–H groups in total. The maximum Gasteiger partial charge on any atom is 0.306 e. The zero-order chi connectivity index (χ0) is 52.2. The smallest absolute Gasteiger partial charge is 0.306 e. The first-order valence-corrected chi connectivity index (χ1v) is 30.9. The number of carbonyl (C=O) groups excluding carboxylic acids is 3. The lowest BCUT2D eigenvalue weighted by Crippen LogP contribution is -2.30. The summed E-state index contributed by atoms with van der Waals surface area (Å²) in [6, 6.07) is 0. The number of unbranched alkanes of at least 4 members (excludes halogenated alkanes) is 33. The van der Waals surface area contributed by atoms with Crippen molar-refractivity contribution in [2.24, 2.45) is 0 Å². The summed E-state index contributed by atoms with van der Waals surface area (Å²) < 4.78 is 16.9. The minimum Gasteiger partial charge on any atom is -0.462 e. The van der Waals surface area contributed by atoms with Gasteiger partial charge in [0.25, 0.3) is 0 Å². The van der Waals surface area contributed by atoms with Gasteiger partial charge in [0.15, 0.2) is 6.10 Å². The molecule has 6 nitrogen and oxygen atoms in total. The molecule has 1 atom stereocenters. The molecular formula is C66H116O6. The topological polar surface area (TPSA) is 78.9 Å². The van der Waals surface area contributed by atoms with Crippen LogP contribution in [-0.4, -0.2) is 37.2 Å². The van der Waals surface area contributed by atoms with Crippen LogP contribution in [0, 0.1) is 0 Å². The molecule has 0 aromatic heterocycles. The Balaban J connectivity index is 4.31. The fourth-order valence-corrected chi connectivity index (χ4v) is 8.78. The minimum atomic E-state index is -0.781. The second kappa shape index (κ2) is 60.4. The van der Waals surface area contributed by atoms with Crippen LogP contribution in [0.3, 0.4) is 0 Å². The Morgan fingerprint density at radius 3 is 0.889 bits per heavy atom. The van der Waals surface area contributed by atoms with Crippen molar-refractivity contribution in [1.29, 1.82) is 0 Å². The van der Waals surface area contributed by atoms with Gasteiger partial charge in [-0.1, -0.05) is 254 Å². The van der Waals surface area contributed by atoms with Crippen LogP contribution < -0.4 is 0 Å². The maximum atomic E-state index is 12.9. The molecule has 6 heteroatoms. The fraction of sp³-hybridized carbons (Fsp3) is 0.773. The summed E-state index contributed by atoms with van der Waals surface area (Å²) in [6.45, 7) is 6.52. The maximum absolute atomic E-state index is 12.9. The van der Waals surface area contributed by atoms with Crippen LogP contribution in [0.2, 0.25) is 0 Å². The van der Waals surface area contributed by atoms with Crippen LogP contribution in [0.5, 0.6) is 0 Å². The predicted octanol–water partition coefficient (Wildman–Crippen LogP) is 20.9. The van der Waals surface area contributed by atoms with Gasteiger partial charge in [-0.05, 0) is 109 Å². The van der Waals surface area contributed by atoms with Crippen LogP contribution in [-0.2, 0) is 28.6 Å². The highest BCUT2D eigenvalue weighted by molar-refractivity contribution is 5.71. The molecule has 0 rings (SSSR count). The van der Waals surface area contributed by atoms with E-state index >= 15 is 0 Å². The van der Waals surface area contributed by atoms with Gasteiger partial charge in [-0.2, -0.15) is 0 Å². The Morgan fingerprint density at radius 1 is 0.292 bits per heavy atom. The molecule has 0 spiro atoms. The molecule has 0 saturated heterocycles. The molecule has 0 bridgehead atoms. The quantitative estimate of drug-likeness (QED) is 0.0261. The fourth-order valence-electron chi connectivity index (χ4n) is 8.78. The average molecular weight is 1010 g/mol. The first-order chi connectivity index (χ1) is 35.5. The summed E-state index contributed by atoms with van der Waals surface area (Å²) in [4.78, 5) is 38.2. The molecule has 0 saturated carbocycles. The van der Waals surface area contributed by atoms with Crippen LogP contribution in [0.15, 0.2) is 72.9 Å². The lowest BCUT2D eigenvalue weighted by Gasteiger charge is -2.18. The average Bonchev–Trinajstić information content (AvgIpc) is 3.38. The lowest BCUT2D eigenvalue weighted by atomic mass is 10.0. The molecule has 0 aromatic carbocycles. The standard InChI is InChI=1S/C66H116O6/c1-4-7-10-13-16-19-22-25-27-29-31-32-33-34-36-37-39-41-44-47-50-53-56-59-65(68)71-62-63(61-70-64(67)58-55-52-49-46-43-24-21-18-15-12-9-6-3)72-66(69)60-57-54-51-48-45-42-40-38-35-30-28-26-23-20-17-14-11-8-5-2/h7,10,16,18-19,21,25-28,31-32,63H,4-6,8-9,11-15,17,20,22-24,29-30,33-62H2,1-3H3/b10-7-,19-16-,21-18-,27-25-,28-26-,32-31-. The molecule has 0 aliphatic heterocycles. The Bertz CT molecular complexity index is 1340. The molecule has 0 radical (unpaired) electrons. The van der Waals surface area contributed by atoms with Crippen LogP contribution >= 0.6 is 0 Å². The molecule has 0 aromatic rings. The summed E-state index contributed by atoms with van der Waals surface area (Å²) >= 11 is 0. The summed E-state index contributed by atoms with van der Waals surface area (Å²) in [5.41, 5.74) is 0. The summed E-state index contributed by atoms with van der Waals surface area (Å²) in [7, 11) is 0. The molecule has 0 aliphatic rings. The van der Waals surface area contributed by atoms with Gasteiger partial charge in [-0.3, -0.25) is 14.4 Å². The van der Waals surface area contributed by atoms with Crippen molar-refractivity contribution in [3.8, 4) is 0 Å². The largest absolute Gasteiger partial charge is 0.462 e. The van der Waals surface area contributed by atoms with Gasteiger partial charge < -0.3 is 14.2 Å². The van der Waals surface area contributed by atoms with Gasteiger partial charge in [0, 0.05) is 19.3 Å². The van der Waals surface area contributed by atoms with Crippen LogP contribution in [0.4, 0.5) is 0 Å². The van der Waals surface area contributed by atoms with Gasteiger partial charge >= 0.3 is 17.9 Å². The molecular weight excluding hydrogens is 889 g/mol. The normalized spacial score (nSPS) is 12.5.